The van der Waals surface area contributed by atoms with Gasteiger partial charge in [0.15, 0.2) is 11.6 Å². The Bertz CT molecular complexity index is 584. The summed E-state index contributed by atoms with van der Waals surface area (Å²) in [5, 5.41) is 3.88. The van der Waals surface area contributed by atoms with E-state index in [1.54, 1.807) is 6.07 Å². The van der Waals surface area contributed by atoms with Crippen molar-refractivity contribution < 1.29 is 13.7 Å². The van der Waals surface area contributed by atoms with Crippen molar-refractivity contribution in [2.45, 2.75) is 26.3 Å². The predicted molar refractivity (Wildman–Crippen MR) is 72.6 cm³/mol. The van der Waals surface area contributed by atoms with Crippen LogP contribution in [0.15, 0.2) is 22.7 Å². The van der Waals surface area contributed by atoms with Crippen molar-refractivity contribution in [3.8, 4) is 17.1 Å². The fraction of sp³-hybridized carbons (Fsp3) is 0.429. The summed E-state index contributed by atoms with van der Waals surface area (Å²) in [6.07, 6.45) is 0.758. The molecular weight excluding hydrogens is 261 g/mol. The lowest BCUT2D eigenvalue weighted by atomic mass is 10.0. The predicted octanol–water partition coefficient (Wildman–Crippen LogP) is 2.93. The molecule has 2 aromatic rings. The van der Waals surface area contributed by atoms with Gasteiger partial charge in [0.1, 0.15) is 0 Å². The molecule has 1 heterocycles. The van der Waals surface area contributed by atoms with E-state index in [1.165, 1.54) is 19.2 Å². The SMILES string of the molecule is COc1cc(-c2noc(C(N)CC(C)C)n2)ccc1F. The molecule has 6 heteroatoms. The third-order valence-electron chi connectivity index (χ3n) is 2.89. The third-order valence-corrected chi connectivity index (χ3v) is 2.89. The number of methoxy groups -OCH3 is 1. The lowest BCUT2D eigenvalue weighted by Crippen LogP contribution is -2.13. The molecule has 0 radical (unpaired) electrons. The summed E-state index contributed by atoms with van der Waals surface area (Å²) in [5.41, 5.74) is 6.61. The van der Waals surface area contributed by atoms with E-state index in [2.05, 4.69) is 24.0 Å². The van der Waals surface area contributed by atoms with Gasteiger partial charge in [-0.1, -0.05) is 19.0 Å². The highest BCUT2D eigenvalue weighted by Gasteiger charge is 2.17. The van der Waals surface area contributed by atoms with Crippen LogP contribution in [0.1, 0.15) is 32.2 Å². The Kier molecular flexibility index (Phi) is 4.34. The van der Waals surface area contributed by atoms with Gasteiger partial charge < -0.3 is 15.0 Å². The number of nitrogens with zero attached hydrogens (tertiary/aromatic N) is 2. The standard InChI is InChI=1S/C14H18FN3O2/c1-8(2)6-11(16)14-17-13(18-20-14)9-4-5-10(15)12(7-9)19-3/h4-5,7-8,11H,6,16H2,1-3H3. The highest BCUT2D eigenvalue weighted by atomic mass is 19.1. The molecule has 0 aliphatic heterocycles. The van der Waals surface area contributed by atoms with Gasteiger partial charge in [-0.15, -0.1) is 0 Å². The Hall–Kier alpha value is -1.95. The van der Waals surface area contributed by atoms with E-state index in [1.807, 2.05) is 0 Å². The second kappa shape index (κ2) is 6.00. The van der Waals surface area contributed by atoms with Crippen molar-refractivity contribution in [1.82, 2.24) is 10.1 Å². The fourth-order valence-corrected chi connectivity index (χ4v) is 1.91. The number of benzene rings is 1. The quantitative estimate of drug-likeness (QED) is 0.910. The molecule has 2 rings (SSSR count). The normalized spacial score (nSPS) is 12.7. The van der Waals surface area contributed by atoms with Crippen LogP contribution in [0.3, 0.4) is 0 Å². The molecule has 0 aliphatic carbocycles. The van der Waals surface area contributed by atoms with Gasteiger partial charge in [0.2, 0.25) is 11.7 Å². The van der Waals surface area contributed by atoms with Crippen molar-refractivity contribution >= 4 is 0 Å². The molecule has 0 saturated carbocycles. The Morgan fingerprint density at radius 1 is 1.40 bits per heavy atom. The molecule has 1 atom stereocenters. The zero-order chi connectivity index (χ0) is 14.7. The molecule has 1 aromatic heterocycles. The van der Waals surface area contributed by atoms with Gasteiger partial charge in [-0.05, 0) is 30.5 Å². The van der Waals surface area contributed by atoms with Gasteiger partial charge in [0.25, 0.3) is 0 Å². The summed E-state index contributed by atoms with van der Waals surface area (Å²) < 4.78 is 23.4. The smallest absolute Gasteiger partial charge is 0.243 e. The average Bonchev–Trinajstić information content (AvgIpc) is 2.88. The summed E-state index contributed by atoms with van der Waals surface area (Å²) >= 11 is 0. The van der Waals surface area contributed by atoms with Crippen molar-refractivity contribution in [2.75, 3.05) is 7.11 Å². The number of ether oxygens (including phenoxy) is 1. The highest BCUT2D eigenvalue weighted by molar-refractivity contribution is 5.57. The zero-order valence-corrected chi connectivity index (χ0v) is 11.8. The molecule has 1 unspecified atom stereocenters. The monoisotopic (exact) mass is 279 g/mol. The average molecular weight is 279 g/mol. The molecule has 0 amide bonds. The molecule has 0 spiro atoms. The molecule has 20 heavy (non-hydrogen) atoms. The van der Waals surface area contributed by atoms with Crippen LogP contribution in [0, 0.1) is 11.7 Å². The number of rotatable bonds is 5. The van der Waals surface area contributed by atoms with Crippen LogP contribution in [-0.2, 0) is 0 Å². The fourth-order valence-electron chi connectivity index (χ4n) is 1.91. The van der Waals surface area contributed by atoms with E-state index >= 15 is 0 Å². The van der Waals surface area contributed by atoms with Gasteiger partial charge >= 0.3 is 0 Å². The summed E-state index contributed by atoms with van der Waals surface area (Å²) in [5.74, 6) is 0.901. The first kappa shape index (κ1) is 14.5. The topological polar surface area (TPSA) is 74.2 Å². The van der Waals surface area contributed by atoms with Crippen molar-refractivity contribution in [3.63, 3.8) is 0 Å². The van der Waals surface area contributed by atoms with E-state index in [0.717, 1.165) is 6.42 Å². The minimum absolute atomic E-state index is 0.139. The van der Waals surface area contributed by atoms with Gasteiger partial charge in [-0.2, -0.15) is 4.98 Å². The molecule has 108 valence electrons. The second-order valence-electron chi connectivity index (χ2n) is 5.04. The lowest BCUT2D eigenvalue weighted by molar-refractivity contribution is 0.335. The van der Waals surface area contributed by atoms with Gasteiger partial charge in [0, 0.05) is 5.56 Å². The molecule has 0 bridgehead atoms. The summed E-state index contributed by atoms with van der Waals surface area (Å²) in [4.78, 5) is 4.26. The number of aromatic nitrogens is 2. The van der Waals surface area contributed by atoms with Crippen molar-refractivity contribution in [3.05, 3.63) is 29.9 Å². The van der Waals surface area contributed by atoms with E-state index in [4.69, 9.17) is 15.0 Å². The van der Waals surface area contributed by atoms with Crippen LogP contribution in [-0.4, -0.2) is 17.3 Å². The highest BCUT2D eigenvalue weighted by Crippen LogP contribution is 2.26. The lowest BCUT2D eigenvalue weighted by Gasteiger charge is -2.08. The van der Waals surface area contributed by atoms with Crippen LogP contribution >= 0.6 is 0 Å². The number of halogens is 1. The maximum atomic E-state index is 13.4. The van der Waals surface area contributed by atoms with E-state index < -0.39 is 5.82 Å². The maximum Gasteiger partial charge on any atom is 0.243 e. The van der Waals surface area contributed by atoms with Crippen molar-refractivity contribution in [1.29, 1.82) is 0 Å². The molecule has 0 fully saturated rings. The number of nitrogens with two attached hydrogens (primary N) is 1. The molecule has 2 N–H and O–H groups in total. The van der Waals surface area contributed by atoms with Crippen LogP contribution < -0.4 is 10.5 Å². The second-order valence-corrected chi connectivity index (χ2v) is 5.04. The third kappa shape index (κ3) is 3.14. The molecular formula is C14H18FN3O2. The number of hydrogen-bond donors (Lipinski definition) is 1. The first-order chi connectivity index (χ1) is 9.51. The number of hydrogen-bond acceptors (Lipinski definition) is 5. The molecule has 1 aromatic carbocycles. The van der Waals surface area contributed by atoms with E-state index in [0.29, 0.717) is 23.2 Å². The largest absolute Gasteiger partial charge is 0.494 e. The summed E-state index contributed by atoms with van der Waals surface area (Å²) in [6.45, 7) is 4.14. The first-order valence-corrected chi connectivity index (χ1v) is 6.44. The van der Waals surface area contributed by atoms with Crippen LogP contribution in [0.2, 0.25) is 0 Å². The minimum atomic E-state index is -0.434. The summed E-state index contributed by atoms with van der Waals surface area (Å²) in [6, 6.07) is 4.11. The Balaban J connectivity index is 2.24. The van der Waals surface area contributed by atoms with Gasteiger partial charge in [0.05, 0.1) is 13.2 Å². The zero-order valence-electron chi connectivity index (χ0n) is 11.8. The Labute approximate surface area is 116 Å². The minimum Gasteiger partial charge on any atom is -0.494 e. The van der Waals surface area contributed by atoms with Crippen molar-refractivity contribution in [2.24, 2.45) is 11.7 Å². The first-order valence-electron chi connectivity index (χ1n) is 6.44. The maximum absolute atomic E-state index is 13.4. The van der Waals surface area contributed by atoms with E-state index in [-0.39, 0.29) is 11.8 Å². The van der Waals surface area contributed by atoms with Gasteiger partial charge in [-0.3, -0.25) is 0 Å². The van der Waals surface area contributed by atoms with Gasteiger partial charge in [-0.25, -0.2) is 4.39 Å². The molecule has 5 nitrogen and oxygen atoms in total. The molecule has 0 saturated heterocycles. The van der Waals surface area contributed by atoms with Crippen LogP contribution in [0.5, 0.6) is 5.75 Å². The Morgan fingerprint density at radius 3 is 2.80 bits per heavy atom. The Morgan fingerprint density at radius 2 is 2.15 bits per heavy atom. The van der Waals surface area contributed by atoms with E-state index in [9.17, 15) is 4.39 Å². The molecule has 0 aliphatic rings. The summed E-state index contributed by atoms with van der Waals surface area (Å²) in [7, 11) is 1.41. The van der Waals surface area contributed by atoms with Crippen LogP contribution in [0.4, 0.5) is 4.39 Å². The van der Waals surface area contributed by atoms with Crippen LogP contribution in [0.25, 0.3) is 11.4 Å².